The number of hydrogen-bond donors (Lipinski definition) is 2. The fourth-order valence-corrected chi connectivity index (χ4v) is 4.32. The van der Waals surface area contributed by atoms with Gasteiger partial charge >= 0.3 is 11.8 Å². The number of halogens is 5. The lowest BCUT2D eigenvalue weighted by molar-refractivity contribution is -0.253. The van der Waals surface area contributed by atoms with E-state index in [0.29, 0.717) is 0 Å². The normalized spacial score (nSPS) is 16.9. The van der Waals surface area contributed by atoms with Crippen LogP contribution >= 0.6 is 11.6 Å². The summed E-state index contributed by atoms with van der Waals surface area (Å²) in [6, 6.07) is 7.08. The average Bonchev–Trinajstić information content (AvgIpc) is 3.50. The fraction of sp³-hybridized carbons (Fsp3) is 0.318. The number of alkyl halides is 3. The maximum Gasteiger partial charge on any atom is 0.426 e. The highest BCUT2D eigenvalue weighted by Gasteiger charge is 2.65. The smallest absolute Gasteiger partial charge is 0.373 e. The minimum Gasteiger partial charge on any atom is -0.373 e. The van der Waals surface area contributed by atoms with Gasteiger partial charge in [-0.05, 0) is 55.7 Å². The fourth-order valence-electron chi connectivity index (χ4n) is 3.95. The van der Waals surface area contributed by atoms with Gasteiger partial charge in [-0.15, -0.1) is 0 Å². The van der Waals surface area contributed by atoms with Crippen molar-refractivity contribution in [2.75, 3.05) is 5.32 Å². The number of nitrogens with one attached hydrogen (secondary N) is 1. The number of carbonyl (C=O) groups is 1. The molecule has 3 aromatic rings. The van der Waals surface area contributed by atoms with E-state index in [2.05, 4.69) is 15.0 Å². The number of aliphatic hydroxyl groups is 1. The number of aryl methyl sites for hydroxylation is 1. The minimum atomic E-state index is -5.31. The third-order valence-electron chi connectivity index (χ3n) is 5.95. The summed E-state index contributed by atoms with van der Waals surface area (Å²) < 4.78 is 60.0. The summed E-state index contributed by atoms with van der Waals surface area (Å²) in [5, 5.41) is 16.6. The van der Waals surface area contributed by atoms with Gasteiger partial charge in [0.05, 0.1) is 11.1 Å². The summed E-state index contributed by atoms with van der Waals surface area (Å²) in [5.41, 5.74) is -5.27. The largest absolute Gasteiger partial charge is 0.426 e. The molecule has 1 aromatic heterocycles. The second-order valence-electron chi connectivity index (χ2n) is 8.21. The van der Waals surface area contributed by atoms with Crippen molar-refractivity contribution in [2.24, 2.45) is 0 Å². The summed E-state index contributed by atoms with van der Waals surface area (Å²) in [7, 11) is 0. The van der Waals surface area contributed by atoms with Crippen LogP contribution in [0.3, 0.4) is 0 Å². The molecule has 1 fully saturated rings. The molecule has 174 valence electrons. The van der Waals surface area contributed by atoms with E-state index in [-0.39, 0.29) is 45.6 Å². The van der Waals surface area contributed by atoms with Crippen molar-refractivity contribution in [3.63, 3.8) is 0 Å². The first-order valence-corrected chi connectivity index (χ1v) is 10.2. The lowest BCUT2D eigenvalue weighted by atomic mass is 9.82. The van der Waals surface area contributed by atoms with Crippen LogP contribution in [0.15, 0.2) is 45.7 Å². The van der Waals surface area contributed by atoms with Gasteiger partial charge in [0.1, 0.15) is 5.82 Å². The van der Waals surface area contributed by atoms with E-state index in [0.717, 1.165) is 12.1 Å². The summed E-state index contributed by atoms with van der Waals surface area (Å²) in [6.07, 6.45) is -5.83. The van der Waals surface area contributed by atoms with Crippen molar-refractivity contribution in [1.29, 1.82) is 0 Å². The number of amides is 1. The Kier molecular flexibility index (Phi) is 5.49. The lowest BCUT2D eigenvalue weighted by Crippen LogP contribution is -2.56. The highest BCUT2D eigenvalue weighted by molar-refractivity contribution is 6.31. The first-order valence-electron chi connectivity index (χ1n) is 9.83. The van der Waals surface area contributed by atoms with E-state index in [9.17, 15) is 32.3 Å². The van der Waals surface area contributed by atoms with Crippen molar-refractivity contribution < 1.29 is 32.0 Å². The van der Waals surface area contributed by atoms with Crippen molar-refractivity contribution in [3.8, 4) is 0 Å². The van der Waals surface area contributed by atoms with Crippen LogP contribution in [0.4, 0.5) is 23.2 Å². The van der Waals surface area contributed by atoms with E-state index in [1.165, 1.54) is 31.2 Å². The second-order valence-corrected chi connectivity index (χ2v) is 8.62. The van der Waals surface area contributed by atoms with Crippen LogP contribution < -0.4 is 10.9 Å². The Balaban J connectivity index is 1.68. The molecule has 0 aliphatic heterocycles. The predicted octanol–water partition coefficient (Wildman–Crippen LogP) is 4.64. The molecule has 33 heavy (non-hydrogen) atoms. The molecular formula is C22H17ClF4N2O4. The molecule has 11 heteroatoms. The SMILES string of the molecule is Cc1noc(=O)c2ccc(NC(=O)C(O)(CC3(c4ccc(F)cc4Cl)CC3)C(F)(F)F)cc12. The van der Waals surface area contributed by atoms with Crippen molar-refractivity contribution in [1.82, 2.24) is 5.16 Å². The zero-order chi connectivity index (χ0) is 24.2. The van der Waals surface area contributed by atoms with Gasteiger partial charge in [0.25, 0.3) is 5.91 Å². The van der Waals surface area contributed by atoms with Gasteiger partial charge in [0, 0.05) is 27.9 Å². The molecule has 1 amide bonds. The van der Waals surface area contributed by atoms with Crippen LogP contribution in [0.1, 0.15) is 30.5 Å². The monoisotopic (exact) mass is 484 g/mol. The number of aromatic nitrogens is 1. The van der Waals surface area contributed by atoms with Crippen LogP contribution in [0.5, 0.6) is 0 Å². The van der Waals surface area contributed by atoms with E-state index in [1.807, 2.05) is 0 Å². The lowest BCUT2D eigenvalue weighted by Gasteiger charge is -2.33. The number of anilines is 1. The zero-order valence-electron chi connectivity index (χ0n) is 17.1. The molecule has 0 saturated heterocycles. The number of fused-ring (bicyclic) bond motifs is 1. The highest BCUT2D eigenvalue weighted by atomic mass is 35.5. The Morgan fingerprint density at radius 2 is 1.91 bits per heavy atom. The quantitative estimate of drug-likeness (QED) is 0.515. The maximum atomic E-state index is 14.0. The molecule has 1 atom stereocenters. The van der Waals surface area contributed by atoms with Crippen LogP contribution in [-0.2, 0) is 10.2 Å². The first-order chi connectivity index (χ1) is 15.4. The topological polar surface area (TPSA) is 92.4 Å². The first kappa shape index (κ1) is 23.2. The van der Waals surface area contributed by atoms with E-state index < -0.39 is 41.0 Å². The number of benzene rings is 2. The highest BCUT2D eigenvalue weighted by Crippen LogP contribution is 2.57. The number of rotatable bonds is 5. The van der Waals surface area contributed by atoms with Gasteiger partial charge in [-0.25, -0.2) is 9.18 Å². The minimum absolute atomic E-state index is 0.0738. The molecule has 0 bridgehead atoms. The number of hydrogen-bond acceptors (Lipinski definition) is 5. The summed E-state index contributed by atoms with van der Waals surface area (Å²) in [6.45, 7) is 1.52. The van der Waals surface area contributed by atoms with Crippen molar-refractivity contribution in [3.05, 3.63) is 68.9 Å². The number of carbonyl (C=O) groups excluding carboxylic acids is 1. The van der Waals surface area contributed by atoms with Crippen LogP contribution in [0, 0.1) is 12.7 Å². The summed E-state index contributed by atoms with van der Waals surface area (Å²) in [5.74, 6) is -2.34. The second kappa shape index (κ2) is 7.81. The molecule has 6 nitrogen and oxygen atoms in total. The Morgan fingerprint density at radius 1 is 1.21 bits per heavy atom. The molecule has 1 aliphatic carbocycles. The van der Waals surface area contributed by atoms with Crippen molar-refractivity contribution in [2.45, 2.75) is 43.4 Å². The molecule has 4 rings (SSSR count). The van der Waals surface area contributed by atoms with E-state index in [4.69, 9.17) is 11.6 Å². The summed E-state index contributed by atoms with van der Waals surface area (Å²) in [4.78, 5) is 24.5. The molecule has 1 aliphatic rings. The van der Waals surface area contributed by atoms with E-state index in [1.54, 1.807) is 0 Å². The van der Waals surface area contributed by atoms with Crippen LogP contribution in [-0.4, -0.2) is 27.9 Å². The van der Waals surface area contributed by atoms with Crippen LogP contribution in [0.25, 0.3) is 10.8 Å². The molecule has 0 spiro atoms. The third-order valence-corrected chi connectivity index (χ3v) is 6.26. The molecular weight excluding hydrogens is 468 g/mol. The zero-order valence-corrected chi connectivity index (χ0v) is 17.9. The Morgan fingerprint density at radius 3 is 2.52 bits per heavy atom. The molecule has 2 N–H and O–H groups in total. The van der Waals surface area contributed by atoms with E-state index >= 15 is 0 Å². The maximum absolute atomic E-state index is 14.0. The molecule has 2 aromatic carbocycles. The van der Waals surface area contributed by atoms with Gasteiger partial charge in [-0.1, -0.05) is 22.8 Å². The van der Waals surface area contributed by atoms with Crippen molar-refractivity contribution >= 4 is 34.0 Å². The molecule has 0 radical (unpaired) electrons. The number of nitrogens with zero attached hydrogens (tertiary/aromatic N) is 1. The Hall–Kier alpha value is -2.98. The predicted molar refractivity (Wildman–Crippen MR) is 112 cm³/mol. The van der Waals surface area contributed by atoms with Gasteiger partial charge in [-0.2, -0.15) is 13.2 Å². The molecule has 1 heterocycles. The van der Waals surface area contributed by atoms with Gasteiger partial charge < -0.3 is 14.9 Å². The van der Waals surface area contributed by atoms with Gasteiger partial charge in [0.15, 0.2) is 0 Å². The molecule has 1 saturated carbocycles. The van der Waals surface area contributed by atoms with Crippen LogP contribution in [0.2, 0.25) is 5.02 Å². The van der Waals surface area contributed by atoms with Gasteiger partial charge in [0.2, 0.25) is 5.60 Å². The standard InChI is InChI=1S/C22H17ClF4N2O4/c1-11-15-9-13(3-4-14(15)18(30)33-29-11)28-19(31)21(32,22(25,26)27)10-20(6-7-20)16-5-2-12(24)8-17(16)23/h2-5,8-9,32H,6-7,10H2,1H3,(H,28,31). The Labute approximate surface area is 189 Å². The average molecular weight is 485 g/mol. The third kappa shape index (κ3) is 4.08. The molecule has 1 unspecified atom stereocenters. The Bertz CT molecular complexity index is 1320. The summed E-state index contributed by atoms with van der Waals surface area (Å²) >= 11 is 6.05. The van der Waals surface area contributed by atoms with Gasteiger partial charge in [-0.3, -0.25) is 4.79 Å².